The highest BCUT2D eigenvalue weighted by molar-refractivity contribution is 6.30. The van der Waals surface area contributed by atoms with Gasteiger partial charge in [-0.05, 0) is 49.0 Å². The fourth-order valence-electron chi connectivity index (χ4n) is 2.95. The Morgan fingerprint density at radius 3 is 2.38 bits per heavy atom. The van der Waals surface area contributed by atoms with Crippen molar-refractivity contribution in [2.75, 3.05) is 24.2 Å². The monoisotopic (exact) mass is 407 g/mol. The van der Waals surface area contributed by atoms with Crippen LogP contribution in [0.1, 0.15) is 15.9 Å². The van der Waals surface area contributed by atoms with Crippen LogP contribution in [0.5, 0.6) is 0 Å². The molecule has 0 aromatic heterocycles. The third-order valence-corrected chi connectivity index (χ3v) is 4.47. The van der Waals surface area contributed by atoms with Crippen LogP contribution in [0.3, 0.4) is 0 Å². The molecule has 148 valence electrons. The molecule has 29 heavy (non-hydrogen) atoms. The van der Waals surface area contributed by atoms with Crippen molar-refractivity contribution in [3.63, 3.8) is 0 Å². The molecule has 0 aliphatic rings. The molecule has 2 N–H and O–H groups in total. The number of benzene rings is 3. The molecule has 0 fully saturated rings. The van der Waals surface area contributed by atoms with E-state index in [-0.39, 0.29) is 18.4 Å². The van der Waals surface area contributed by atoms with Gasteiger partial charge in [-0.15, -0.1) is 0 Å². The standard InChI is InChI=1S/C23H22ClN3O2/c1-27(15-17-8-7-9-18(24)14-17)16-22(28)26-21-13-6-5-12-20(21)23(29)25-19-10-3-2-4-11-19/h2-14H,15-16H2,1H3,(H,25,29)(H,26,28). The first kappa shape index (κ1) is 20.6. The third kappa shape index (κ3) is 6.17. The van der Waals surface area contributed by atoms with Gasteiger partial charge in [0.25, 0.3) is 5.91 Å². The first-order chi connectivity index (χ1) is 14.0. The van der Waals surface area contributed by atoms with Gasteiger partial charge in [-0.3, -0.25) is 14.5 Å². The van der Waals surface area contributed by atoms with E-state index in [2.05, 4.69) is 10.6 Å². The first-order valence-electron chi connectivity index (χ1n) is 9.19. The van der Waals surface area contributed by atoms with Gasteiger partial charge in [-0.1, -0.05) is 54.1 Å². The van der Waals surface area contributed by atoms with Crippen molar-refractivity contribution >= 4 is 34.8 Å². The largest absolute Gasteiger partial charge is 0.324 e. The lowest BCUT2D eigenvalue weighted by Gasteiger charge is -2.17. The van der Waals surface area contributed by atoms with Crippen LogP contribution in [0.4, 0.5) is 11.4 Å². The Labute approximate surface area is 175 Å². The van der Waals surface area contributed by atoms with Crippen molar-refractivity contribution in [3.8, 4) is 0 Å². The maximum absolute atomic E-state index is 12.6. The van der Waals surface area contributed by atoms with E-state index in [1.807, 2.05) is 66.5 Å². The Bertz CT molecular complexity index is 992. The summed E-state index contributed by atoms with van der Waals surface area (Å²) in [5, 5.41) is 6.34. The molecule has 0 saturated heterocycles. The maximum atomic E-state index is 12.6. The molecule has 0 atom stereocenters. The van der Waals surface area contributed by atoms with E-state index in [0.29, 0.717) is 28.5 Å². The fraction of sp³-hybridized carbons (Fsp3) is 0.130. The fourth-order valence-corrected chi connectivity index (χ4v) is 3.16. The number of hydrogen-bond acceptors (Lipinski definition) is 3. The Morgan fingerprint density at radius 2 is 1.62 bits per heavy atom. The lowest BCUT2D eigenvalue weighted by molar-refractivity contribution is -0.117. The average Bonchev–Trinajstić information content (AvgIpc) is 2.69. The number of likely N-dealkylation sites (N-methyl/N-ethyl adjacent to an activating group) is 1. The molecule has 0 aliphatic heterocycles. The summed E-state index contributed by atoms with van der Waals surface area (Å²) < 4.78 is 0. The van der Waals surface area contributed by atoms with Crippen molar-refractivity contribution in [2.45, 2.75) is 6.54 Å². The van der Waals surface area contributed by atoms with E-state index in [4.69, 9.17) is 11.6 Å². The molecule has 0 saturated carbocycles. The van der Waals surface area contributed by atoms with Crippen molar-refractivity contribution in [3.05, 3.63) is 95.0 Å². The van der Waals surface area contributed by atoms with E-state index in [1.54, 1.807) is 24.3 Å². The summed E-state index contributed by atoms with van der Waals surface area (Å²) in [6.07, 6.45) is 0. The number of nitrogens with one attached hydrogen (secondary N) is 2. The van der Waals surface area contributed by atoms with Crippen LogP contribution >= 0.6 is 11.6 Å². The zero-order chi connectivity index (χ0) is 20.6. The van der Waals surface area contributed by atoms with Gasteiger partial charge in [0.1, 0.15) is 0 Å². The summed E-state index contributed by atoms with van der Waals surface area (Å²) >= 11 is 6.01. The van der Waals surface area contributed by atoms with E-state index in [0.717, 1.165) is 5.56 Å². The smallest absolute Gasteiger partial charge is 0.257 e. The highest BCUT2D eigenvalue weighted by Gasteiger charge is 2.14. The number of para-hydroxylation sites is 2. The van der Waals surface area contributed by atoms with Gasteiger partial charge in [-0.25, -0.2) is 0 Å². The highest BCUT2D eigenvalue weighted by atomic mass is 35.5. The third-order valence-electron chi connectivity index (χ3n) is 4.23. The Kier molecular flexibility index (Phi) is 7.00. The lowest BCUT2D eigenvalue weighted by Crippen LogP contribution is -2.30. The SMILES string of the molecule is CN(CC(=O)Nc1ccccc1C(=O)Nc1ccccc1)Cc1cccc(Cl)c1. The van der Waals surface area contributed by atoms with Crippen LogP contribution < -0.4 is 10.6 Å². The van der Waals surface area contributed by atoms with Gasteiger partial charge in [0.15, 0.2) is 0 Å². The minimum absolute atomic E-state index is 0.182. The van der Waals surface area contributed by atoms with Crippen LogP contribution in [0, 0.1) is 0 Å². The number of carbonyl (C=O) groups is 2. The zero-order valence-electron chi connectivity index (χ0n) is 16.1. The van der Waals surface area contributed by atoms with Gasteiger partial charge in [-0.2, -0.15) is 0 Å². The molecule has 0 heterocycles. The van der Waals surface area contributed by atoms with Crippen molar-refractivity contribution < 1.29 is 9.59 Å². The Morgan fingerprint density at radius 1 is 0.897 bits per heavy atom. The summed E-state index contributed by atoms with van der Waals surface area (Å²) in [4.78, 5) is 27.0. The second kappa shape index (κ2) is 9.87. The molecule has 2 amide bonds. The number of nitrogens with zero attached hydrogens (tertiary/aromatic N) is 1. The summed E-state index contributed by atoms with van der Waals surface area (Å²) in [6, 6.07) is 23.7. The zero-order valence-corrected chi connectivity index (χ0v) is 16.8. The van der Waals surface area contributed by atoms with E-state index >= 15 is 0 Å². The van der Waals surface area contributed by atoms with Gasteiger partial charge >= 0.3 is 0 Å². The number of hydrogen-bond donors (Lipinski definition) is 2. The molecule has 3 rings (SSSR count). The maximum Gasteiger partial charge on any atom is 0.257 e. The van der Waals surface area contributed by atoms with Gasteiger partial charge in [0.05, 0.1) is 17.8 Å². The summed E-state index contributed by atoms with van der Waals surface area (Å²) in [5.41, 5.74) is 2.60. The van der Waals surface area contributed by atoms with Gasteiger partial charge in [0.2, 0.25) is 5.91 Å². The molecule has 0 spiro atoms. The van der Waals surface area contributed by atoms with Crippen LogP contribution in [-0.4, -0.2) is 30.3 Å². The van der Waals surface area contributed by atoms with Crippen molar-refractivity contribution in [1.82, 2.24) is 4.90 Å². The molecule has 0 bridgehead atoms. The summed E-state index contributed by atoms with van der Waals surface area (Å²) in [6.45, 7) is 0.769. The van der Waals surface area contributed by atoms with Crippen LogP contribution in [0.2, 0.25) is 5.02 Å². The molecule has 6 heteroatoms. The van der Waals surface area contributed by atoms with Crippen molar-refractivity contribution in [2.24, 2.45) is 0 Å². The lowest BCUT2D eigenvalue weighted by atomic mass is 10.1. The molecule has 0 unspecified atom stereocenters. The predicted molar refractivity (Wildman–Crippen MR) is 117 cm³/mol. The minimum Gasteiger partial charge on any atom is -0.324 e. The molecule has 5 nitrogen and oxygen atoms in total. The number of anilines is 2. The molecule has 0 aliphatic carbocycles. The summed E-state index contributed by atoms with van der Waals surface area (Å²) in [5.74, 6) is -0.478. The van der Waals surface area contributed by atoms with Gasteiger partial charge in [0, 0.05) is 17.3 Å². The molecular weight excluding hydrogens is 386 g/mol. The highest BCUT2D eigenvalue weighted by Crippen LogP contribution is 2.18. The number of amides is 2. The predicted octanol–water partition coefficient (Wildman–Crippen LogP) is 4.66. The first-order valence-corrected chi connectivity index (χ1v) is 9.57. The number of halogens is 1. The number of carbonyl (C=O) groups excluding carboxylic acids is 2. The van der Waals surface area contributed by atoms with Gasteiger partial charge < -0.3 is 10.6 Å². The van der Waals surface area contributed by atoms with E-state index in [1.165, 1.54) is 0 Å². The molecule has 3 aromatic carbocycles. The Balaban J connectivity index is 1.62. The average molecular weight is 408 g/mol. The van der Waals surface area contributed by atoms with Crippen LogP contribution in [0.15, 0.2) is 78.9 Å². The van der Waals surface area contributed by atoms with E-state index in [9.17, 15) is 9.59 Å². The normalized spacial score (nSPS) is 10.6. The molecule has 3 aromatic rings. The van der Waals surface area contributed by atoms with E-state index < -0.39 is 0 Å². The number of rotatable bonds is 7. The minimum atomic E-state index is -0.278. The van der Waals surface area contributed by atoms with Crippen LogP contribution in [-0.2, 0) is 11.3 Å². The summed E-state index contributed by atoms with van der Waals surface area (Å²) in [7, 11) is 1.86. The topological polar surface area (TPSA) is 61.4 Å². The Hall–Kier alpha value is -3.15. The quantitative estimate of drug-likeness (QED) is 0.598. The molecule has 0 radical (unpaired) electrons. The van der Waals surface area contributed by atoms with Crippen molar-refractivity contribution in [1.29, 1.82) is 0 Å². The van der Waals surface area contributed by atoms with Crippen LogP contribution in [0.25, 0.3) is 0 Å². The second-order valence-electron chi connectivity index (χ2n) is 6.72. The molecular formula is C23H22ClN3O2. The second-order valence-corrected chi connectivity index (χ2v) is 7.15.